The van der Waals surface area contributed by atoms with Gasteiger partial charge in [0.25, 0.3) is 0 Å². The molecule has 4 heteroatoms. The number of hydrogen-bond acceptors (Lipinski definition) is 4. The third-order valence-corrected chi connectivity index (χ3v) is 2.52. The van der Waals surface area contributed by atoms with Gasteiger partial charge >= 0.3 is 0 Å². The normalized spacial score (nSPS) is 19.9. The lowest BCUT2D eigenvalue weighted by atomic mass is 10.2. The minimum absolute atomic E-state index is 0.178. The number of ketones is 1. The third-order valence-electron chi connectivity index (χ3n) is 1.39. The molecule has 0 aliphatic carbocycles. The number of carbonyl (C=O) groups excluding carboxylic acids is 1. The van der Waals surface area contributed by atoms with Gasteiger partial charge in [0.1, 0.15) is 16.7 Å². The van der Waals surface area contributed by atoms with E-state index in [2.05, 4.69) is 4.99 Å². The van der Waals surface area contributed by atoms with E-state index < -0.39 is 0 Å². The highest BCUT2D eigenvalue weighted by molar-refractivity contribution is 8.04. The van der Waals surface area contributed by atoms with Crippen LogP contribution in [-0.2, 0) is 4.79 Å². The summed E-state index contributed by atoms with van der Waals surface area (Å²) in [6.45, 7) is 3.27. The molecule has 0 bridgehead atoms. The molecule has 0 spiro atoms. The number of carbonyl (C=O) groups is 1. The Labute approximate surface area is 75.2 Å². The molecule has 0 radical (unpaired) electrons. The molecule has 3 nitrogen and oxygen atoms in total. The van der Waals surface area contributed by atoms with Crippen molar-refractivity contribution in [2.75, 3.05) is 5.75 Å². The topological polar surface area (TPSA) is 53.2 Å². The molecule has 0 saturated carbocycles. The first-order chi connectivity index (χ1) is 5.65. The predicted octanol–water partition coefficient (Wildman–Crippen LogP) is 1.52. The van der Waals surface area contributed by atoms with Crippen LogP contribution in [0.25, 0.3) is 0 Å². The molecule has 0 N–H and O–H groups in total. The van der Waals surface area contributed by atoms with Crippen LogP contribution >= 0.6 is 11.8 Å². The van der Waals surface area contributed by atoms with E-state index in [4.69, 9.17) is 5.26 Å². The van der Waals surface area contributed by atoms with Crippen LogP contribution in [0.15, 0.2) is 15.6 Å². The monoisotopic (exact) mass is 180 g/mol. The molecule has 0 aromatic heterocycles. The summed E-state index contributed by atoms with van der Waals surface area (Å²) in [5.41, 5.74) is 1.14. The Balaban J connectivity index is 3.05. The van der Waals surface area contributed by atoms with Gasteiger partial charge < -0.3 is 0 Å². The molecule has 1 rings (SSSR count). The van der Waals surface area contributed by atoms with Gasteiger partial charge in [-0.2, -0.15) is 5.26 Å². The second kappa shape index (κ2) is 3.55. The van der Waals surface area contributed by atoms with E-state index in [0.717, 1.165) is 11.5 Å². The number of allylic oxidation sites excluding steroid dienone is 1. The van der Waals surface area contributed by atoms with Crippen molar-refractivity contribution in [1.82, 2.24) is 0 Å². The van der Waals surface area contributed by atoms with Crippen molar-refractivity contribution in [3.8, 4) is 6.07 Å². The van der Waals surface area contributed by atoms with Crippen molar-refractivity contribution in [3.05, 3.63) is 10.6 Å². The minimum atomic E-state index is -0.210. The van der Waals surface area contributed by atoms with Crippen LogP contribution in [0.2, 0.25) is 0 Å². The molecular weight excluding hydrogens is 172 g/mol. The second-order valence-electron chi connectivity index (χ2n) is 2.48. The van der Waals surface area contributed by atoms with E-state index in [1.54, 1.807) is 0 Å². The van der Waals surface area contributed by atoms with Crippen LogP contribution in [0, 0.1) is 11.3 Å². The summed E-state index contributed by atoms with van der Waals surface area (Å²) in [6.07, 6.45) is 0. The molecule has 0 amide bonds. The predicted molar refractivity (Wildman–Crippen MR) is 48.9 cm³/mol. The largest absolute Gasteiger partial charge is 0.294 e. The summed E-state index contributed by atoms with van der Waals surface area (Å²) in [5, 5.41) is 9.20. The second-order valence-corrected chi connectivity index (χ2v) is 3.45. The average Bonchev–Trinajstić information content (AvgIpc) is 2.37. The quantitative estimate of drug-likeness (QED) is 0.454. The third kappa shape index (κ3) is 1.74. The summed E-state index contributed by atoms with van der Waals surface area (Å²) in [4.78, 5) is 15.0. The standard InChI is InChI=1S/C8H8N2OS/c1-5-4-12-8(10-5)7(3-9)6(2)11/h4H2,1-2H3. The molecule has 0 aromatic rings. The molecule has 1 aliphatic rings. The number of Topliss-reactive ketones (excluding diaryl/α,β-unsaturated/α-hetero) is 1. The minimum Gasteiger partial charge on any atom is -0.294 e. The van der Waals surface area contributed by atoms with Crippen molar-refractivity contribution in [1.29, 1.82) is 5.26 Å². The molecule has 0 atom stereocenters. The van der Waals surface area contributed by atoms with Crippen molar-refractivity contribution >= 4 is 23.3 Å². The van der Waals surface area contributed by atoms with E-state index in [1.165, 1.54) is 18.7 Å². The van der Waals surface area contributed by atoms with Gasteiger partial charge in [-0.15, -0.1) is 0 Å². The Hall–Kier alpha value is -1.08. The summed E-state index contributed by atoms with van der Waals surface area (Å²) in [5.74, 6) is 0.576. The first-order valence-electron chi connectivity index (χ1n) is 3.47. The van der Waals surface area contributed by atoms with Crippen molar-refractivity contribution in [2.24, 2.45) is 4.99 Å². The fourth-order valence-electron chi connectivity index (χ4n) is 0.816. The molecule has 0 saturated heterocycles. The molecule has 0 unspecified atom stereocenters. The molecule has 1 aliphatic heterocycles. The maximum absolute atomic E-state index is 10.9. The highest BCUT2D eigenvalue weighted by Crippen LogP contribution is 2.27. The first kappa shape index (κ1) is 9.01. The van der Waals surface area contributed by atoms with Crippen molar-refractivity contribution in [2.45, 2.75) is 13.8 Å². The molecular formula is C8H8N2OS. The van der Waals surface area contributed by atoms with Gasteiger partial charge in [-0.1, -0.05) is 11.8 Å². The molecule has 0 aromatic carbocycles. The SMILES string of the molecule is CC(=O)C(C#N)=C1N=C(C)CS1. The Morgan fingerprint density at radius 3 is 2.75 bits per heavy atom. The van der Waals surface area contributed by atoms with E-state index in [-0.39, 0.29) is 11.4 Å². The molecule has 62 valence electrons. The Morgan fingerprint density at radius 2 is 2.42 bits per heavy atom. The zero-order chi connectivity index (χ0) is 9.14. The Morgan fingerprint density at radius 1 is 1.75 bits per heavy atom. The van der Waals surface area contributed by atoms with E-state index in [0.29, 0.717) is 5.03 Å². The van der Waals surface area contributed by atoms with E-state index in [9.17, 15) is 4.79 Å². The lowest BCUT2D eigenvalue weighted by Crippen LogP contribution is -1.95. The number of rotatable bonds is 1. The lowest BCUT2D eigenvalue weighted by molar-refractivity contribution is -0.113. The number of hydrogen-bond donors (Lipinski definition) is 0. The maximum Gasteiger partial charge on any atom is 0.173 e. The number of thioether (sulfide) groups is 1. The highest BCUT2D eigenvalue weighted by Gasteiger charge is 2.16. The lowest BCUT2D eigenvalue weighted by Gasteiger charge is -1.93. The Kier molecular flexibility index (Phi) is 2.66. The number of nitrogens with zero attached hydrogens (tertiary/aromatic N) is 2. The van der Waals surface area contributed by atoms with Crippen LogP contribution in [0.1, 0.15) is 13.8 Å². The summed E-state index contributed by atoms with van der Waals surface area (Å²) < 4.78 is 0. The van der Waals surface area contributed by atoms with Gasteiger partial charge in [0, 0.05) is 11.5 Å². The first-order valence-corrected chi connectivity index (χ1v) is 4.46. The molecule has 1 heterocycles. The van der Waals surface area contributed by atoms with Crippen LogP contribution in [0.5, 0.6) is 0 Å². The molecule has 0 fully saturated rings. The fraction of sp³-hybridized carbons (Fsp3) is 0.375. The van der Waals surface area contributed by atoms with Crippen LogP contribution < -0.4 is 0 Å². The van der Waals surface area contributed by atoms with E-state index >= 15 is 0 Å². The zero-order valence-corrected chi connectivity index (χ0v) is 7.73. The molecule has 12 heavy (non-hydrogen) atoms. The summed E-state index contributed by atoms with van der Waals surface area (Å²) in [6, 6.07) is 1.87. The highest BCUT2D eigenvalue weighted by atomic mass is 32.2. The number of nitriles is 1. The van der Waals surface area contributed by atoms with Gasteiger partial charge in [-0.05, 0) is 13.8 Å². The van der Waals surface area contributed by atoms with Gasteiger partial charge in [0.05, 0.1) is 0 Å². The van der Waals surface area contributed by atoms with Gasteiger partial charge in [0.2, 0.25) is 0 Å². The van der Waals surface area contributed by atoms with Gasteiger partial charge in [0.15, 0.2) is 5.78 Å². The van der Waals surface area contributed by atoms with Gasteiger partial charge in [-0.25, -0.2) is 4.99 Å². The van der Waals surface area contributed by atoms with Crippen molar-refractivity contribution in [3.63, 3.8) is 0 Å². The number of aliphatic imine (C=N–C) groups is 1. The van der Waals surface area contributed by atoms with E-state index in [1.807, 2.05) is 13.0 Å². The smallest absolute Gasteiger partial charge is 0.173 e. The van der Waals surface area contributed by atoms with Crippen LogP contribution in [0.3, 0.4) is 0 Å². The van der Waals surface area contributed by atoms with Crippen LogP contribution in [0.4, 0.5) is 0 Å². The summed E-state index contributed by atoms with van der Waals surface area (Å²) in [7, 11) is 0. The zero-order valence-electron chi connectivity index (χ0n) is 6.92. The fourth-order valence-corrected chi connectivity index (χ4v) is 1.78. The Bertz CT molecular complexity index is 322. The summed E-state index contributed by atoms with van der Waals surface area (Å²) >= 11 is 1.44. The van der Waals surface area contributed by atoms with Crippen LogP contribution in [-0.4, -0.2) is 17.2 Å². The van der Waals surface area contributed by atoms with Gasteiger partial charge in [-0.3, -0.25) is 4.79 Å². The maximum atomic E-state index is 10.9. The average molecular weight is 180 g/mol. The van der Waals surface area contributed by atoms with Crippen molar-refractivity contribution < 1.29 is 4.79 Å².